The molecular formula is C16H27NO3. The van der Waals surface area contributed by atoms with Crippen LogP contribution in [0.5, 0.6) is 0 Å². The molecule has 1 N–H and O–H groups in total. The summed E-state index contributed by atoms with van der Waals surface area (Å²) in [6, 6.07) is 0.249. The molecular weight excluding hydrogens is 254 g/mol. The Bertz CT molecular complexity index is 368. The molecule has 2 rings (SSSR count). The van der Waals surface area contributed by atoms with E-state index in [0.717, 1.165) is 25.7 Å². The maximum absolute atomic E-state index is 12.5. The van der Waals surface area contributed by atoms with Gasteiger partial charge in [0, 0.05) is 19.5 Å². The van der Waals surface area contributed by atoms with E-state index < -0.39 is 11.4 Å². The summed E-state index contributed by atoms with van der Waals surface area (Å²) in [6.45, 7) is 2.08. The smallest absolute Gasteiger partial charge is 0.310 e. The average molecular weight is 281 g/mol. The number of carbonyl (C=O) groups excluding carboxylic acids is 1. The molecule has 0 aromatic rings. The minimum absolute atomic E-state index is 0.00806. The summed E-state index contributed by atoms with van der Waals surface area (Å²) < 4.78 is 0. The Labute approximate surface area is 121 Å². The van der Waals surface area contributed by atoms with E-state index in [1.807, 2.05) is 7.05 Å². The van der Waals surface area contributed by atoms with E-state index in [2.05, 4.69) is 6.92 Å². The van der Waals surface area contributed by atoms with Crippen LogP contribution < -0.4 is 0 Å². The molecule has 2 aliphatic carbocycles. The predicted molar refractivity (Wildman–Crippen MR) is 77.3 cm³/mol. The summed E-state index contributed by atoms with van der Waals surface area (Å²) >= 11 is 0. The Morgan fingerprint density at radius 1 is 1.20 bits per heavy atom. The van der Waals surface area contributed by atoms with Gasteiger partial charge in [-0.25, -0.2) is 0 Å². The highest BCUT2D eigenvalue weighted by Gasteiger charge is 2.42. The first-order chi connectivity index (χ1) is 9.46. The first-order valence-electron chi connectivity index (χ1n) is 7.95. The Balaban J connectivity index is 2.02. The van der Waals surface area contributed by atoms with Gasteiger partial charge in [0.1, 0.15) is 0 Å². The summed E-state index contributed by atoms with van der Waals surface area (Å²) in [5.74, 6) is -0.146. The minimum atomic E-state index is -0.814. The Morgan fingerprint density at radius 3 is 2.20 bits per heavy atom. The molecule has 0 spiro atoms. The molecule has 1 atom stereocenters. The summed E-state index contributed by atoms with van der Waals surface area (Å²) in [5, 5.41) is 9.63. The molecule has 1 amide bonds. The van der Waals surface area contributed by atoms with Crippen molar-refractivity contribution in [2.45, 2.75) is 70.8 Å². The molecule has 0 aromatic heterocycles. The third kappa shape index (κ3) is 3.33. The van der Waals surface area contributed by atoms with Gasteiger partial charge in [-0.3, -0.25) is 9.59 Å². The lowest BCUT2D eigenvalue weighted by Gasteiger charge is -2.32. The summed E-state index contributed by atoms with van der Waals surface area (Å²) in [4.78, 5) is 26.0. The molecule has 0 aromatic carbocycles. The standard InChI is InChI=1S/C16H27NO3/c1-12(13-7-8-13)17(2)14(18)11-16(15(19)20)9-5-3-4-6-10-16/h12-13H,3-11H2,1-2H3,(H,19,20). The van der Waals surface area contributed by atoms with Gasteiger partial charge in [0.15, 0.2) is 0 Å². The number of amides is 1. The SMILES string of the molecule is CC(C1CC1)N(C)C(=O)CC1(C(=O)O)CCCCCC1. The Kier molecular flexibility index (Phi) is 4.71. The van der Waals surface area contributed by atoms with Gasteiger partial charge in [-0.05, 0) is 38.5 Å². The van der Waals surface area contributed by atoms with Gasteiger partial charge in [-0.2, -0.15) is 0 Å². The maximum Gasteiger partial charge on any atom is 0.310 e. The summed E-state index contributed by atoms with van der Waals surface area (Å²) in [7, 11) is 1.83. The van der Waals surface area contributed by atoms with Gasteiger partial charge in [0.05, 0.1) is 5.41 Å². The van der Waals surface area contributed by atoms with E-state index in [1.54, 1.807) is 4.90 Å². The second kappa shape index (κ2) is 6.15. The zero-order valence-corrected chi connectivity index (χ0v) is 12.7. The van der Waals surface area contributed by atoms with E-state index in [9.17, 15) is 14.7 Å². The predicted octanol–water partition coefficient (Wildman–Crippen LogP) is 3.06. The number of carbonyl (C=O) groups is 2. The fourth-order valence-corrected chi connectivity index (χ4v) is 3.41. The third-order valence-electron chi connectivity index (χ3n) is 5.31. The quantitative estimate of drug-likeness (QED) is 0.788. The topological polar surface area (TPSA) is 57.6 Å². The molecule has 0 bridgehead atoms. The van der Waals surface area contributed by atoms with E-state index in [0.29, 0.717) is 18.8 Å². The van der Waals surface area contributed by atoms with Crippen LogP contribution in [-0.4, -0.2) is 35.0 Å². The van der Waals surface area contributed by atoms with Gasteiger partial charge >= 0.3 is 5.97 Å². The third-order valence-corrected chi connectivity index (χ3v) is 5.31. The van der Waals surface area contributed by atoms with Crippen molar-refractivity contribution >= 4 is 11.9 Å². The number of nitrogens with zero attached hydrogens (tertiary/aromatic N) is 1. The van der Waals surface area contributed by atoms with Crippen LogP contribution in [0.25, 0.3) is 0 Å². The van der Waals surface area contributed by atoms with Gasteiger partial charge < -0.3 is 10.0 Å². The zero-order valence-electron chi connectivity index (χ0n) is 12.7. The van der Waals surface area contributed by atoms with E-state index in [-0.39, 0.29) is 18.4 Å². The molecule has 0 aliphatic heterocycles. The van der Waals surface area contributed by atoms with Crippen molar-refractivity contribution in [1.82, 2.24) is 4.90 Å². The lowest BCUT2D eigenvalue weighted by atomic mass is 9.77. The number of carboxylic acid groups (broad SMARTS) is 1. The molecule has 114 valence electrons. The Morgan fingerprint density at radius 2 is 1.75 bits per heavy atom. The second-order valence-electron chi connectivity index (χ2n) is 6.76. The van der Waals surface area contributed by atoms with Crippen molar-refractivity contribution in [3.63, 3.8) is 0 Å². The molecule has 2 aliphatic rings. The molecule has 4 heteroatoms. The monoisotopic (exact) mass is 281 g/mol. The molecule has 2 fully saturated rings. The lowest BCUT2D eigenvalue weighted by molar-refractivity contribution is -0.155. The lowest BCUT2D eigenvalue weighted by Crippen LogP contribution is -2.42. The van der Waals surface area contributed by atoms with Crippen LogP contribution in [-0.2, 0) is 9.59 Å². The van der Waals surface area contributed by atoms with Gasteiger partial charge in [-0.15, -0.1) is 0 Å². The normalized spacial score (nSPS) is 23.7. The molecule has 1 unspecified atom stereocenters. The highest BCUT2D eigenvalue weighted by Crippen LogP contribution is 2.40. The van der Waals surface area contributed by atoms with Crippen LogP contribution in [0.3, 0.4) is 0 Å². The number of rotatable bonds is 5. The molecule has 20 heavy (non-hydrogen) atoms. The molecule has 4 nitrogen and oxygen atoms in total. The average Bonchev–Trinajstić information content (AvgIpc) is 3.24. The molecule has 2 saturated carbocycles. The number of carboxylic acids is 1. The number of hydrogen-bond acceptors (Lipinski definition) is 2. The Hall–Kier alpha value is -1.06. The van der Waals surface area contributed by atoms with E-state index in [4.69, 9.17) is 0 Å². The first-order valence-corrected chi connectivity index (χ1v) is 7.95. The van der Waals surface area contributed by atoms with Crippen molar-refractivity contribution in [3.05, 3.63) is 0 Å². The summed E-state index contributed by atoms with van der Waals surface area (Å²) in [5.41, 5.74) is -0.814. The highest BCUT2D eigenvalue weighted by atomic mass is 16.4. The first kappa shape index (κ1) is 15.3. The van der Waals surface area contributed by atoms with Crippen molar-refractivity contribution < 1.29 is 14.7 Å². The van der Waals surface area contributed by atoms with Crippen molar-refractivity contribution in [2.75, 3.05) is 7.05 Å². The minimum Gasteiger partial charge on any atom is -0.481 e. The fraction of sp³-hybridized carbons (Fsp3) is 0.875. The second-order valence-corrected chi connectivity index (χ2v) is 6.76. The van der Waals surface area contributed by atoms with E-state index in [1.165, 1.54) is 12.8 Å². The van der Waals surface area contributed by atoms with Crippen molar-refractivity contribution in [1.29, 1.82) is 0 Å². The van der Waals surface area contributed by atoms with Crippen LogP contribution >= 0.6 is 0 Å². The highest BCUT2D eigenvalue weighted by molar-refractivity contribution is 5.85. The zero-order chi connectivity index (χ0) is 14.8. The van der Waals surface area contributed by atoms with Crippen molar-refractivity contribution in [3.8, 4) is 0 Å². The van der Waals surface area contributed by atoms with Gasteiger partial charge in [-0.1, -0.05) is 25.7 Å². The number of hydrogen-bond donors (Lipinski definition) is 1. The van der Waals surface area contributed by atoms with Gasteiger partial charge in [0.2, 0.25) is 5.91 Å². The van der Waals surface area contributed by atoms with Crippen LogP contribution in [0, 0.1) is 11.3 Å². The fourth-order valence-electron chi connectivity index (χ4n) is 3.41. The van der Waals surface area contributed by atoms with E-state index >= 15 is 0 Å². The summed E-state index contributed by atoms with van der Waals surface area (Å²) in [6.07, 6.45) is 7.93. The van der Waals surface area contributed by atoms with Crippen LogP contribution in [0.1, 0.15) is 64.7 Å². The van der Waals surface area contributed by atoms with Crippen molar-refractivity contribution in [2.24, 2.45) is 11.3 Å². The van der Waals surface area contributed by atoms with Crippen LogP contribution in [0.15, 0.2) is 0 Å². The maximum atomic E-state index is 12.5. The van der Waals surface area contributed by atoms with Gasteiger partial charge in [0.25, 0.3) is 0 Å². The van der Waals surface area contributed by atoms with Crippen LogP contribution in [0.4, 0.5) is 0 Å². The molecule has 0 saturated heterocycles. The molecule has 0 radical (unpaired) electrons. The number of aliphatic carboxylic acids is 1. The van der Waals surface area contributed by atoms with Crippen LogP contribution in [0.2, 0.25) is 0 Å². The molecule has 0 heterocycles. The largest absolute Gasteiger partial charge is 0.481 e.